The summed E-state index contributed by atoms with van der Waals surface area (Å²) in [5, 5.41) is 10.9. The molecule has 0 spiro atoms. The normalized spacial score (nSPS) is 11.1. The highest BCUT2D eigenvalue weighted by Gasteiger charge is 2.18. The van der Waals surface area contributed by atoms with Crippen LogP contribution in [0.2, 0.25) is 0 Å². The number of hydrogen-bond donors (Lipinski definition) is 1. The van der Waals surface area contributed by atoms with Gasteiger partial charge >= 0.3 is 5.69 Å². The van der Waals surface area contributed by atoms with Crippen LogP contribution in [0.5, 0.6) is 0 Å². The van der Waals surface area contributed by atoms with E-state index < -0.39 is 17.4 Å². The van der Waals surface area contributed by atoms with Crippen LogP contribution in [0.4, 0.5) is 10.1 Å². The molecule has 3 aromatic heterocycles. The number of amides is 1. The van der Waals surface area contributed by atoms with E-state index in [1.807, 2.05) is 31.2 Å². The Morgan fingerprint density at radius 3 is 2.73 bits per heavy atom. The zero-order valence-corrected chi connectivity index (χ0v) is 17.4. The maximum absolute atomic E-state index is 13.0. The number of aromatic nitrogens is 5. The predicted molar refractivity (Wildman–Crippen MR) is 118 cm³/mol. The zero-order valence-electron chi connectivity index (χ0n) is 17.4. The van der Waals surface area contributed by atoms with Crippen LogP contribution in [-0.2, 0) is 11.3 Å². The molecule has 0 saturated carbocycles. The number of anilines is 1. The number of nitrogens with zero attached hydrogens (tertiary/aromatic N) is 5. The first-order chi connectivity index (χ1) is 16.0. The van der Waals surface area contributed by atoms with E-state index in [2.05, 4.69) is 20.6 Å². The molecular formula is C23H17FN6O3. The van der Waals surface area contributed by atoms with Crippen molar-refractivity contribution in [3.8, 4) is 22.8 Å². The summed E-state index contributed by atoms with van der Waals surface area (Å²) in [4.78, 5) is 29.6. The predicted octanol–water partition coefficient (Wildman–Crippen LogP) is 3.30. The molecule has 164 valence electrons. The van der Waals surface area contributed by atoms with Crippen LogP contribution in [-0.4, -0.2) is 30.2 Å². The summed E-state index contributed by atoms with van der Waals surface area (Å²) >= 11 is 0. The Balaban J connectivity index is 1.45. The second-order valence-corrected chi connectivity index (χ2v) is 7.40. The Hall–Kier alpha value is -4.60. The van der Waals surface area contributed by atoms with Crippen molar-refractivity contribution in [3.63, 3.8) is 0 Å². The van der Waals surface area contributed by atoms with Gasteiger partial charge in [0.15, 0.2) is 5.65 Å². The monoisotopic (exact) mass is 444 g/mol. The molecule has 3 heterocycles. The van der Waals surface area contributed by atoms with Gasteiger partial charge in [-0.1, -0.05) is 28.9 Å². The average Bonchev–Trinajstić information content (AvgIpc) is 3.41. The van der Waals surface area contributed by atoms with Crippen LogP contribution in [0, 0.1) is 12.7 Å². The second-order valence-electron chi connectivity index (χ2n) is 7.40. The smallest absolute Gasteiger partial charge is 0.333 e. The molecule has 0 aliphatic heterocycles. The van der Waals surface area contributed by atoms with Crippen molar-refractivity contribution in [2.45, 2.75) is 13.5 Å². The molecule has 0 aliphatic carbocycles. The van der Waals surface area contributed by atoms with Gasteiger partial charge in [-0.25, -0.2) is 18.3 Å². The Morgan fingerprint density at radius 2 is 1.94 bits per heavy atom. The quantitative estimate of drug-likeness (QED) is 0.446. The van der Waals surface area contributed by atoms with Gasteiger partial charge in [0.1, 0.15) is 12.4 Å². The van der Waals surface area contributed by atoms with E-state index in [0.717, 1.165) is 15.8 Å². The van der Waals surface area contributed by atoms with Crippen molar-refractivity contribution in [2.75, 3.05) is 5.32 Å². The average molecular weight is 444 g/mol. The SMILES string of the molecule is Cc1cccc(-c2noc(-c3cccn4c(=O)n(CC(=O)Nc5ccc(F)cc5)nc34)n2)c1. The van der Waals surface area contributed by atoms with Crippen molar-refractivity contribution in [1.29, 1.82) is 0 Å². The first kappa shape index (κ1) is 20.3. The van der Waals surface area contributed by atoms with E-state index in [1.165, 1.54) is 28.7 Å². The summed E-state index contributed by atoms with van der Waals surface area (Å²) in [5.74, 6) is -0.280. The van der Waals surface area contributed by atoms with Gasteiger partial charge in [0.25, 0.3) is 5.89 Å². The summed E-state index contributed by atoms with van der Waals surface area (Å²) in [6.07, 6.45) is 1.54. The lowest BCUT2D eigenvalue weighted by Crippen LogP contribution is -2.28. The minimum absolute atomic E-state index is 0.199. The molecule has 0 fully saturated rings. The van der Waals surface area contributed by atoms with Crippen LogP contribution in [0.15, 0.2) is 76.2 Å². The largest absolute Gasteiger partial charge is 0.350 e. The van der Waals surface area contributed by atoms with Gasteiger partial charge in [-0.05, 0) is 49.4 Å². The maximum Gasteiger partial charge on any atom is 0.350 e. The molecule has 0 atom stereocenters. The van der Waals surface area contributed by atoms with Gasteiger partial charge in [0.2, 0.25) is 11.7 Å². The Morgan fingerprint density at radius 1 is 1.12 bits per heavy atom. The molecule has 0 bridgehead atoms. The number of fused-ring (bicyclic) bond motifs is 1. The van der Waals surface area contributed by atoms with Crippen LogP contribution >= 0.6 is 0 Å². The molecule has 5 aromatic rings. The summed E-state index contributed by atoms with van der Waals surface area (Å²) in [6.45, 7) is 1.65. The molecule has 0 unspecified atom stereocenters. The number of carbonyl (C=O) groups excluding carboxylic acids is 1. The van der Waals surface area contributed by atoms with Crippen molar-refractivity contribution in [1.82, 2.24) is 24.3 Å². The summed E-state index contributed by atoms with van der Waals surface area (Å²) in [6, 6.07) is 16.4. The van der Waals surface area contributed by atoms with E-state index >= 15 is 0 Å². The molecule has 2 aromatic carbocycles. The number of pyridine rings is 1. The molecule has 1 amide bonds. The van der Waals surface area contributed by atoms with Gasteiger partial charge < -0.3 is 9.84 Å². The lowest BCUT2D eigenvalue weighted by atomic mass is 10.1. The van der Waals surface area contributed by atoms with E-state index in [9.17, 15) is 14.0 Å². The summed E-state index contributed by atoms with van der Waals surface area (Å²) in [7, 11) is 0. The van der Waals surface area contributed by atoms with Crippen LogP contribution < -0.4 is 11.0 Å². The number of hydrogen-bond acceptors (Lipinski definition) is 6. The topological polar surface area (TPSA) is 107 Å². The van der Waals surface area contributed by atoms with E-state index in [4.69, 9.17) is 4.52 Å². The van der Waals surface area contributed by atoms with Gasteiger partial charge in [-0.2, -0.15) is 4.98 Å². The first-order valence-electron chi connectivity index (χ1n) is 10.0. The second kappa shape index (κ2) is 8.15. The Kier molecular flexibility index (Phi) is 5.02. The highest BCUT2D eigenvalue weighted by molar-refractivity contribution is 5.90. The zero-order chi connectivity index (χ0) is 22.9. The van der Waals surface area contributed by atoms with Gasteiger partial charge in [-0.15, -0.1) is 5.10 Å². The number of nitrogens with one attached hydrogen (secondary N) is 1. The third kappa shape index (κ3) is 4.01. The van der Waals surface area contributed by atoms with Crippen LogP contribution in [0.1, 0.15) is 5.56 Å². The Labute approximate surface area is 186 Å². The fourth-order valence-corrected chi connectivity index (χ4v) is 3.41. The van der Waals surface area contributed by atoms with Crippen molar-refractivity contribution in [2.24, 2.45) is 0 Å². The first-order valence-corrected chi connectivity index (χ1v) is 10.0. The fraction of sp³-hybridized carbons (Fsp3) is 0.0870. The molecule has 0 saturated heterocycles. The summed E-state index contributed by atoms with van der Waals surface area (Å²) < 4.78 is 20.8. The van der Waals surface area contributed by atoms with Gasteiger partial charge in [-0.3, -0.25) is 4.79 Å². The molecule has 5 rings (SSSR count). The standard InChI is InChI=1S/C23H17FN6O3/c1-14-4-2-5-15(12-14)20-26-22(33-28-20)18-6-3-11-29-21(18)27-30(23(29)32)13-19(31)25-17-9-7-16(24)8-10-17/h2-12H,13H2,1H3,(H,25,31). The van der Waals surface area contributed by atoms with E-state index in [0.29, 0.717) is 17.1 Å². The molecule has 1 N–H and O–H groups in total. The molecule has 9 nitrogen and oxygen atoms in total. The minimum atomic E-state index is -0.500. The summed E-state index contributed by atoms with van der Waals surface area (Å²) in [5.41, 5.74) is 2.51. The maximum atomic E-state index is 13.0. The van der Waals surface area contributed by atoms with Crippen LogP contribution in [0.3, 0.4) is 0 Å². The molecular weight excluding hydrogens is 427 g/mol. The van der Waals surface area contributed by atoms with E-state index in [1.54, 1.807) is 18.3 Å². The van der Waals surface area contributed by atoms with Crippen LogP contribution in [0.25, 0.3) is 28.5 Å². The number of benzene rings is 2. The highest BCUT2D eigenvalue weighted by Crippen LogP contribution is 2.25. The minimum Gasteiger partial charge on any atom is -0.333 e. The third-order valence-electron chi connectivity index (χ3n) is 4.96. The third-order valence-corrected chi connectivity index (χ3v) is 4.96. The van der Waals surface area contributed by atoms with Crippen molar-refractivity contribution >= 4 is 17.2 Å². The lowest BCUT2D eigenvalue weighted by Gasteiger charge is -2.04. The van der Waals surface area contributed by atoms with Crippen molar-refractivity contribution < 1.29 is 13.7 Å². The number of carbonyl (C=O) groups is 1. The molecule has 0 aliphatic rings. The highest BCUT2D eigenvalue weighted by atomic mass is 19.1. The molecule has 33 heavy (non-hydrogen) atoms. The van der Waals surface area contributed by atoms with E-state index in [-0.39, 0.29) is 18.1 Å². The van der Waals surface area contributed by atoms with Gasteiger partial charge in [0.05, 0.1) is 5.56 Å². The fourth-order valence-electron chi connectivity index (χ4n) is 3.41. The molecule has 10 heteroatoms. The lowest BCUT2D eigenvalue weighted by molar-refractivity contribution is -0.117. The number of halogens is 1. The van der Waals surface area contributed by atoms with Crippen molar-refractivity contribution in [3.05, 3.63) is 88.7 Å². The number of aryl methyl sites for hydroxylation is 1. The number of rotatable bonds is 5. The Bertz CT molecular complexity index is 1530. The molecule has 0 radical (unpaired) electrons. The van der Waals surface area contributed by atoms with Gasteiger partial charge in [0, 0.05) is 17.4 Å².